The van der Waals surface area contributed by atoms with Crippen molar-refractivity contribution >= 4 is 17.4 Å². The summed E-state index contributed by atoms with van der Waals surface area (Å²) in [5.41, 5.74) is 2.57. The Morgan fingerprint density at radius 3 is 2.38 bits per heavy atom. The summed E-state index contributed by atoms with van der Waals surface area (Å²) in [6.45, 7) is 3.69. The SMILES string of the molecule is Cc1ccc(Nc2ccc(C(=O)N3CCCC3)nn2)cc1. The molecule has 5 nitrogen and oxygen atoms in total. The third-order valence-corrected chi connectivity index (χ3v) is 3.60. The molecule has 21 heavy (non-hydrogen) atoms. The van der Waals surface area contributed by atoms with Crippen LogP contribution in [0.2, 0.25) is 0 Å². The minimum atomic E-state index is -0.0260. The minimum Gasteiger partial charge on any atom is -0.339 e. The molecule has 2 heterocycles. The summed E-state index contributed by atoms with van der Waals surface area (Å²) >= 11 is 0. The maximum absolute atomic E-state index is 12.2. The summed E-state index contributed by atoms with van der Waals surface area (Å²) in [6, 6.07) is 11.5. The predicted octanol–water partition coefficient (Wildman–Crippen LogP) is 2.76. The largest absolute Gasteiger partial charge is 0.339 e. The molecular weight excluding hydrogens is 264 g/mol. The van der Waals surface area contributed by atoms with Gasteiger partial charge >= 0.3 is 0 Å². The second-order valence-electron chi connectivity index (χ2n) is 5.29. The maximum atomic E-state index is 12.2. The minimum absolute atomic E-state index is 0.0260. The molecule has 1 amide bonds. The lowest BCUT2D eigenvalue weighted by Crippen LogP contribution is -2.28. The fourth-order valence-electron chi connectivity index (χ4n) is 2.38. The Morgan fingerprint density at radius 2 is 1.76 bits per heavy atom. The third-order valence-electron chi connectivity index (χ3n) is 3.60. The molecule has 3 rings (SSSR count). The predicted molar refractivity (Wildman–Crippen MR) is 81.6 cm³/mol. The first kappa shape index (κ1) is 13.5. The van der Waals surface area contributed by atoms with E-state index in [2.05, 4.69) is 15.5 Å². The first-order valence-corrected chi connectivity index (χ1v) is 7.19. The zero-order chi connectivity index (χ0) is 14.7. The third kappa shape index (κ3) is 3.18. The molecule has 0 radical (unpaired) electrons. The van der Waals surface area contributed by atoms with Crippen LogP contribution in [0.15, 0.2) is 36.4 Å². The lowest BCUT2D eigenvalue weighted by molar-refractivity contribution is 0.0786. The van der Waals surface area contributed by atoms with Gasteiger partial charge in [-0.3, -0.25) is 4.79 Å². The van der Waals surface area contributed by atoms with Gasteiger partial charge in [-0.1, -0.05) is 17.7 Å². The van der Waals surface area contributed by atoms with Crippen LogP contribution in [0.5, 0.6) is 0 Å². The van der Waals surface area contributed by atoms with E-state index in [9.17, 15) is 4.79 Å². The normalized spacial score (nSPS) is 14.2. The van der Waals surface area contributed by atoms with Crippen LogP contribution in [-0.4, -0.2) is 34.1 Å². The van der Waals surface area contributed by atoms with Crippen LogP contribution >= 0.6 is 0 Å². The van der Waals surface area contributed by atoms with Gasteiger partial charge < -0.3 is 10.2 Å². The summed E-state index contributed by atoms with van der Waals surface area (Å²) in [4.78, 5) is 14.0. The molecule has 1 fully saturated rings. The number of amides is 1. The van der Waals surface area contributed by atoms with Crippen molar-refractivity contribution in [3.05, 3.63) is 47.7 Å². The molecule has 1 aliphatic heterocycles. The fraction of sp³-hybridized carbons (Fsp3) is 0.312. The number of aryl methyl sites for hydroxylation is 1. The number of carbonyl (C=O) groups excluding carboxylic acids is 1. The number of nitrogens with zero attached hydrogens (tertiary/aromatic N) is 3. The molecule has 0 spiro atoms. The Morgan fingerprint density at radius 1 is 1.05 bits per heavy atom. The first-order chi connectivity index (χ1) is 10.2. The number of rotatable bonds is 3. The van der Waals surface area contributed by atoms with E-state index in [1.807, 2.05) is 36.1 Å². The number of hydrogen-bond donors (Lipinski definition) is 1. The molecule has 1 N–H and O–H groups in total. The number of nitrogens with one attached hydrogen (secondary N) is 1. The van der Waals surface area contributed by atoms with Gasteiger partial charge in [0.05, 0.1) is 0 Å². The van der Waals surface area contributed by atoms with E-state index in [4.69, 9.17) is 0 Å². The lowest BCUT2D eigenvalue weighted by atomic mass is 10.2. The molecule has 1 aromatic heterocycles. The van der Waals surface area contributed by atoms with Crippen molar-refractivity contribution in [1.29, 1.82) is 0 Å². The van der Waals surface area contributed by atoms with E-state index in [-0.39, 0.29) is 5.91 Å². The number of carbonyl (C=O) groups is 1. The summed E-state index contributed by atoms with van der Waals surface area (Å²) in [5.74, 6) is 0.610. The number of aromatic nitrogens is 2. The Balaban J connectivity index is 1.68. The Labute approximate surface area is 124 Å². The molecular formula is C16H18N4O. The van der Waals surface area contributed by atoms with Crippen molar-refractivity contribution in [3.63, 3.8) is 0 Å². The average molecular weight is 282 g/mol. The molecule has 108 valence electrons. The molecule has 2 aromatic rings. The van der Waals surface area contributed by atoms with Gasteiger partial charge in [-0.05, 0) is 44.0 Å². The second kappa shape index (κ2) is 5.91. The van der Waals surface area contributed by atoms with E-state index < -0.39 is 0 Å². The molecule has 0 atom stereocenters. The maximum Gasteiger partial charge on any atom is 0.274 e. The quantitative estimate of drug-likeness (QED) is 0.940. The number of likely N-dealkylation sites (tertiary alicyclic amines) is 1. The number of anilines is 2. The highest BCUT2D eigenvalue weighted by atomic mass is 16.2. The highest BCUT2D eigenvalue weighted by molar-refractivity contribution is 5.92. The standard InChI is InChI=1S/C16H18N4O/c1-12-4-6-13(7-5-12)17-15-9-8-14(18-19-15)16(21)20-10-2-3-11-20/h4-9H,2-3,10-11H2,1H3,(H,17,19). The van der Waals surface area contributed by atoms with Crippen molar-refractivity contribution in [2.45, 2.75) is 19.8 Å². The van der Waals surface area contributed by atoms with E-state index >= 15 is 0 Å². The number of benzene rings is 1. The van der Waals surface area contributed by atoms with Gasteiger partial charge in [0, 0.05) is 18.8 Å². The van der Waals surface area contributed by atoms with Crippen molar-refractivity contribution < 1.29 is 4.79 Å². The second-order valence-corrected chi connectivity index (χ2v) is 5.29. The molecule has 1 saturated heterocycles. The average Bonchev–Trinajstić information content (AvgIpc) is 3.04. The van der Waals surface area contributed by atoms with Gasteiger partial charge in [0.15, 0.2) is 11.5 Å². The van der Waals surface area contributed by atoms with E-state index in [0.29, 0.717) is 11.5 Å². The van der Waals surface area contributed by atoms with E-state index in [0.717, 1.165) is 31.6 Å². The van der Waals surface area contributed by atoms with E-state index in [1.54, 1.807) is 12.1 Å². The van der Waals surface area contributed by atoms with Crippen LogP contribution in [0.25, 0.3) is 0 Å². The summed E-state index contributed by atoms with van der Waals surface area (Å²) in [7, 11) is 0. The van der Waals surface area contributed by atoms with Gasteiger partial charge in [-0.15, -0.1) is 10.2 Å². The number of hydrogen-bond acceptors (Lipinski definition) is 4. The smallest absolute Gasteiger partial charge is 0.274 e. The molecule has 0 saturated carbocycles. The van der Waals surface area contributed by atoms with E-state index in [1.165, 1.54) is 5.56 Å². The van der Waals surface area contributed by atoms with Crippen LogP contribution in [-0.2, 0) is 0 Å². The highest BCUT2D eigenvalue weighted by Crippen LogP contribution is 2.16. The molecule has 5 heteroatoms. The molecule has 1 aliphatic rings. The van der Waals surface area contributed by atoms with Gasteiger partial charge in [-0.2, -0.15) is 0 Å². The monoisotopic (exact) mass is 282 g/mol. The van der Waals surface area contributed by atoms with Crippen LogP contribution in [0.3, 0.4) is 0 Å². The van der Waals surface area contributed by atoms with Crippen molar-refractivity contribution in [3.8, 4) is 0 Å². The summed E-state index contributed by atoms with van der Waals surface area (Å²) in [6.07, 6.45) is 2.15. The van der Waals surface area contributed by atoms with Crippen LogP contribution in [0.1, 0.15) is 28.9 Å². The van der Waals surface area contributed by atoms with Gasteiger partial charge in [0.2, 0.25) is 0 Å². The Hall–Kier alpha value is -2.43. The molecule has 1 aromatic carbocycles. The van der Waals surface area contributed by atoms with Crippen molar-refractivity contribution in [2.24, 2.45) is 0 Å². The summed E-state index contributed by atoms with van der Waals surface area (Å²) < 4.78 is 0. The zero-order valence-electron chi connectivity index (χ0n) is 12.0. The van der Waals surface area contributed by atoms with Crippen LogP contribution < -0.4 is 5.32 Å². The van der Waals surface area contributed by atoms with Gasteiger partial charge in [0.25, 0.3) is 5.91 Å². The highest BCUT2D eigenvalue weighted by Gasteiger charge is 2.20. The van der Waals surface area contributed by atoms with Crippen LogP contribution in [0, 0.1) is 6.92 Å². The Bertz CT molecular complexity index is 616. The molecule has 0 bridgehead atoms. The topological polar surface area (TPSA) is 58.1 Å². The van der Waals surface area contributed by atoms with Crippen LogP contribution in [0.4, 0.5) is 11.5 Å². The zero-order valence-corrected chi connectivity index (χ0v) is 12.0. The fourth-order valence-corrected chi connectivity index (χ4v) is 2.38. The lowest BCUT2D eigenvalue weighted by Gasteiger charge is -2.14. The van der Waals surface area contributed by atoms with Crippen molar-refractivity contribution in [2.75, 3.05) is 18.4 Å². The first-order valence-electron chi connectivity index (χ1n) is 7.19. The van der Waals surface area contributed by atoms with Crippen molar-refractivity contribution in [1.82, 2.24) is 15.1 Å². The van der Waals surface area contributed by atoms with Gasteiger partial charge in [0.1, 0.15) is 0 Å². The Kier molecular flexibility index (Phi) is 3.81. The molecule has 0 unspecified atom stereocenters. The summed E-state index contributed by atoms with van der Waals surface area (Å²) in [5, 5.41) is 11.3. The molecule has 0 aliphatic carbocycles. The van der Waals surface area contributed by atoms with Gasteiger partial charge in [-0.25, -0.2) is 0 Å².